The molecule has 0 nitrogen and oxygen atoms in total. The van der Waals surface area contributed by atoms with Crippen LogP contribution in [0.2, 0.25) is 0 Å². The zero-order valence-electron chi connectivity index (χ0n) is 10.8. The highest BCUT2D eigenvalue weighted by Gasteiger charge is 2.31. The highest BCUT2D eigenvalue weighted by atomic mass is 19.4. The van der Waals surface area contributed by atoms with Crippen molar-refractivity contribution in [1.82, 2.24) is 0 Å². The first-order valence-corrected chi connectivity index (χ1v) is 6.16. The first-order chi connectivity index (χ1) is 8.89. The van der Waals surface area contributed by atoms with Crippen molar-refractivity contribution in [2.75, 3.05) is 0 Å². The monoisotopic (exact) mass is 264 g/mol. The summed E-state index contributed by atoms with van der Waals surface area (Å²) in [5, 5.41) is 0. The predicted molar refractivity (Wildman–Crippen MR) is 71.0 cm³/mol. The van der Waals surface area contributed by atoms with Crippen LogP contribution in [0.25, 0.3) is 11.1 Å². The fourth-order valence-electron chi connectivity index (χ4n) is 2.10. The molecule has 2 rings (SSSR count). The summed E-state index contributed by atoms with van der Waals surface area (Å²) in [6, 6.07) is 13.5. The molecule has 0 fully saturated rings. The summed E-state index contributed by atoms with van der Waals surface area (Å²) >= 11 is 0. The second kappa shape index (κ2) is 5.08. The Morgan fingerprint density at radius 2 is 1.53 bits per heavy atom. The van der Waals surface area contributed by atoms with Crippen LogP contribution in [-0.4, -0.2) is 0 Å². The summed E-state index contributed by atoms with van der Waals surface area (Å²) in [5.74, 6) is 0.0394. The van der Waals surface area contributed by atoms with Crippen LogP contribution in [0.15, 0.2) is 48.5 Å². The molecule has 0 saturated heterocycles. The molecule has 0 amide bonds. The van der Waals surface area contributed by atoms with Gasteiger partial charge in [0.05, 0.1) is 5.56 Å². The molecule has 3 heteroatoms. The van der Waals surface area contributed by atoms with Gasteiger partial charge in [-0.1, -0.05) is 50.2 Å². The molecule has 0 radical (unpaired) electrons. The molecule has 0 N–H and O–H groups in total. The zero-order valence-corrected chi connectivity index (χ0v) is 10.8. The number of hydrogen-bond acceptors (Lipinski definition) is 0. The van der Waals surface area contributed by atoms with Gasteiger partial charge in [-0.05, 0) is 34.7 Å². The number of rotatable bonds is 2. The van der Waals surface area contributed by atoms with E-state index in [9.17, 15) is 13.2 Å². The second-order valence-corrected chi connectivity index (χ2v) is 4.82. The maximum absolute atomic E-state index is 12.8. The molecule has 2 aromatic rings. The third-order valence-electron chi connectivity index (χ3n) is 3.09. The van der Waals surface area contributed by atoms with E-state index in [1.807, 2.05) is 44.2 Å². The molecule has 0 bridgehead atoms. The van der Waals surface area contributed by atoms with Crippen LogP contribution in [0.4, 0.5) is 13.2 Å². The van der Waals surface area contributed by atoms with E-state index in [4.69, 9.17) is 0 Å². The summed E-state index contributed by atoms with van der Waals surface area (Å²) < 4.78 is 38.3. The smallest absolute Gasteiger partial charge is 0.166 e. The molecule has 2 aromatic carbocycles. The molecule has 100 valence electrons. The van der Waals surface area contributed by atoms with Gasteiger partial charge in [0.15, 0.2) is 0 Å². The van der Waals surface area contributed by atoms with Crippen molar-refractivity contribution < 1.29 is 13.2 Å². The molecule has 0 unspecified atom stereocenters. The van der Waals surface area contributed by atoms with Crippen LogP contribution in [0.1, 0.15) is 30.9 Å². The van der Waals surface area contributed by atoms with Crippen molar-refractivity contribution in [3.8, 4) is 11.1 Å². The minimum atomic E-state index is -4.29. The number of halogens is 3. The van der Waals surface area contributed by atoms with Crippen molar-refractivity contribution in [3.63, 3.8) is 0 Å². The van der Waals surface area contributed by atoms with Crippen molar-refractivity contribution in [1.29, 1.82) is 0 Å². The lowest BCUT2D eigenvalue weighted by atomic mass is 9.91. The Balaban J connectivity index is 2.57. The lowest BCUT2D eigenvalue weighted by Crippen LogP contribution is -2.06. The lowest BCUT2D eigenvalue weighted by Gasteiger charge is -2.16. The van der Waals surface area contributed by atoms with E-state index < -0.39 is 11.7 Å². The van der Waals surface area contributed by atoms with Gasteiger partial charge in [0.1, 0.15) is 0 Å². The predicted octanol–water partition coefficient (Wildman–Crippen LogP) is 5.50. The molecule has 0 saturated carbocycles. The third-order valence-corrected chi connectivity index (χ3v) is 3.09. The maximum atomic E-state index is 12.8. The summed E-state index contributed by atoms with van der Waals surface area (Å²) in [5.41, 5.74) is 1.94. The molecule has 0 atom stereocenters. The van der Waals surface area contributed by atoms with Gasteiger partial charge in [-0.25, -0.2) is 0 Å². The van der Waals surface area contributed by atoms with E-state index in [2.05, 4.69) is 0 Å². The Morgan fingerprint density at radius 3 is 2.05 bits per heavy atom. The van der Waals surface area contributed by atoms with E-state index >= 15 is 0 Å². The van der Waals surface area contributed by atoms with Crippen LogP contribution in [0.5, 0.6) is 0 Å². The van der Waals surface area contributed by atoms with Crippen LogP contribution >= 0.6 is 0 Å². The minimum Gasteiger partial charge on any atom is -0.166 e. The molecule has 0 aliphatic rings. The van der Waals surface area contributed by atoms with Gasteiger partial charge in [-0.2, -0.15) is 13.2 Å². The summed E-state index contributed by atoms with van der Waals surface area (Å²) in [6.07, 6.45) is -4.29. The largest absolute Gasteiger partial charge is 0.416 e. The average Bonchev–Trinajstić information content (AvgIpc) is 2.38. The van der Waals surface area contributed by atoms with E-state index in [0.717, 1.165) is 22.8 Å². The Kier molecular flexibility index (Phi) is 3.65. The average molecular weight is 264 g/mol. The molecular formula is C16H15F3. The van der Waals surface area contributed by atoms with Crippen LogP contribution < -0.4 is 0 Å². The van der Waals surface area contributed by atoms with E-state index in [0.29, 0.717) is 0 Å². The molecule has 0 heterocycles. The first-order valence-electron chi connectivity index (χ1n) is 6.16. The lowest BCUT2D eigenvalue weighted by molar-refractivity contribution is -0.137. The SMILES string of the molecule is CC(C)c1cc(C(F)(F)F)ccc1-c1ccccc1. The fraction of sp³-hybridized carbons (Fsp3) is 0.250. The maximum Gasteiger partial charge on any atom is 0.416 e. The van der Waals surface area contributed by atoms with Crippen molar-refractivity contribution >= 4 is 0 Å². The van der Waals surface area contributed by atoms with Crippen LogP contribution in [-0.2, 0) is 6.18 Å². The summed E-state index contributed by atoms with van der Waals surface area (Å²) in [4.78, 5) is 0. The Labute approximate surface area is 110 Å². The van der Waals surface area contributed by atoms with Gasteiger partial charge in [-0.3, -0.25) is 0 Å². The zero-order chi connectivity index (χ0) is 14.0. The Hall–Kier alpha value is -1.77. The van der Waals surface area contributed by atoms with Gasteiger partial charge in [0, 0.05) is 0 Å². The van der Waals surface area contributed by atoms with Gasteiger partial charge < -0.3 is 0 Å². The van der Waals surface area contributed by atoms with Crippen molar-refractivity contribution in [2.45, 2.75) is 25.9 Å². The first kappa shape index (κ1) is 13.7. The Morgan fingerprint density at radius 1 is 0.895 bits per heavy atom. The molecule has 0 aliphatic carbocycles. The topological polar surface area (TPSA) is 0 Å². The van der Waals surface area contributed by atoms with E-state index in [-0.39, 0.29) is 5.92 Å². The minimum absolute atomic E-state index is 0.0394. The van der Waals surface area contributed by atoms with Crippen molar-refractivity contribution in [2.24, 2.45) is 0 Å². The second-order valence-electron chi connectivity index (χ2n) is 4.82. The standard InChI is InChI=1S/C16H15F3/c1-11(2)15-10-13(16(17,18)19)8-9-14(15)12-6-4-3-5-7-12/h3-11H,1-2H3. The molecule has 0 aromatic heterocycles. The molecule has 19 heavy (non-hydrogen) atoms. The number of hydrogen-bond donors (Lipinski definition) is 0. The number of benzene rings is 2. The summed E-state index contributed by atoms with van der Waals surface area (Å²) in [6.45, 7) is 3.81. The van der Waals surface area contributed by atoms with E-state index in [1.165, 1.54) is 6.07 Å². The number of alkyl halides is 3. The molecule has 0 aliphatic heterocycles. The Bertz CT molecular complexity index is 554. The third kappa shape index (κ3) is 2.98. The normalized spacial score (nSPS) is 11.9. The molecule has 0 spiro atoms. The summed E-state index contributed by atoms with van der Waals surface area (Å²) in [7, 11) is 0. The van der Waals surface area contributed by atoms with E-state index in [1.54, 1.807) is 6.07 Å². The fourth-order valence-corrected chi connectivity index (χ4v) is 2.10. The molecular weight excluding hydrogens is 249 g/mol. The van der Waals surface area contributed by atoms with Crippen molar-refractivity contribution in [3.05, 3.63) is 59.7 Å². The van der Waals surface area contributed by atoms with Crippen LogP contribution in [0.3, 0.4) is 0 Å². The highest BCUT2D eigenvalue weighted by molar-refractivity contribution is 5.68. The van der Waals surface area contributed by atoms with Crippen LogP contribution in [0, 0.1) is 0 Å². The van der Waals surface area contributed by atoms with Gasteiger partial charge >= 0.3 is 6.18 Å². The van der Waals surface area contributed by atoms with Gasteiger partial charge in [-0.15, -0.1) is 0 Å². The van der Waals surface area contributed by atoms with Gasteiger partial charge in [0.2, 0.25) is 0 Å². The van der Waals surface area contributed by atoms with Gasteiger partial charge in [0.25, 0.3) is 0 Å². The quantitative estimate of drug-likeness (QED) is 0.672. The highest BCUT2D eigenvalue weighted by Crippen LogP contribution is 2.36.